The van der Waals surface area contributed by atoms with Crippen LogP contribution in [0.5, 0.6) is 11.5 Å². The molecule has 0 saturated carbocycles. The van der Waals surface area contributed by atoms with E-state index in [1.54, 1.807) is 30.5 Å². The molecule has 30 heavy (non-hydrogen) atoms. The highest BCUT2D eigenvalue weighted by Crippen LogP contribution is 2.32. The van der Waals surface area contributed by atoms with Gasteiger partial charge < -0.3 is 19.5 Å². The van der Waals surface area contributed by atoms with Gasteiger partial charge in [-0.25, -0.2) is 9.78 Å². The van der Waals surface area contributed by atoms with Crippen LogP contribution >= 0.6 is 11.8 Å². The largest absolute Gasteiger partial charge is 0.454 e. The number of aromatic nitrogens is 1. The summed E-state index contributed by atoms with van der Waals surface area (Å²) in [7, 11) is 0. The number of rotatable bonds is 7. The monoisotopic (exact) mass is 422 g/mol. The molecule has 8 heteroatoms. The number of nitrogens with one attached hydrogen (secondary N) is 1. The summed E-state index contributed by atoms with van der Waals surface area (Å²) in [6.45, 7) is 0.0999. The van der Waals surface area contributed by atoms with Crippen LogP contribution in [0.1, 0.15) is 15.9 Å². The van der Waals surface area contributed by atoms with Gasteiger partial charge in [-0.15, -0.1) is 0 Å². The number of ether oxygens (including phenoxy) is 3. The first-order chi connectivity index (χ1) is 14.7. The molecule has 1 aliphatic rings. The van der Waals surface area contributed by atoms with E-state index in [0.717, 1.165) is 10.5 Å². The summed E-state index contributed by atoms with van der Waals surface area (Å²) in [4.78, 5) is 29.8. The molecular formula is C22H18N2O5S. The lowest BCUT2D eigenvalue weighted by Crippen LogP contribution is -2.28. The second kappa shape index (κ2) is 9.32. The van der Waals surface area contributed by atoms with Gasteiger partial charge in [0.2, 0.25) is 6.79 Å². The maximum atomic E-state index is 12.5. The summed E-state index contributed by atoms with van der Waals surface area (Å²) in [6.07, 6.45) is 1.61. The van der Waals surface area contributed by atoms with Crippen molar-refractivity contribution in [2.75, 3.05) is 13.4 Å². The second-order valence-electron chi connectivity index (χ2n) is 6.31. The van der Waals surface area contributed by atoms with E-state index in [1.165, 1.54) is 11.8 Å². The number of carbonyl (C=O) groups is 2. The lowest BCUT2D eigenvalue weighted by atomic mass is 10.2. The number of hydrogen-bond donors (Lipinski definition) is 1. The predicted octanol–water partition coefficient (Wildman–Crippen LogP) is 3.43. The summed E-state index contributed by atoms with van der Waals surface area (Å²) >= 11 is 1.36. The van der Waals surface area contributed by atoms with Crippen molar-refractivity contribution < 1.29 is 23.8 Å². The minimum absolute atomic E-state index is 0.194. The highest BCUT2D eigenvalue weighted by Gasteiger charge is 2.17. The quantitative estimate of drug-likeness (QED) is 0.584. The number of carbonyl (C=O) groups excluding carboxylic acids is 2. The van der Waals surface area contributed by atoms with Crippen LogP contribution in [-0.4, -0.2) is 30.3 Å². The fraction of sp³-hybridized carbons (Fsp3) is 0.136. The van der Waals surface area contributed by atoms with E-state index in [0.29, 0.717) is 22.1 Å². The van der Waals surface area contributed by atoms with Crippen molar-refractivity contribution in [1.29, 1.82) is 0 Å². The van der Waals surface area contributed by atoms with E-state index in [2.05, 4.69) is 10.3 Å². The molecule has 1 aromatic heterocycles. The van der Waals surface area contributed by atoms with Crippen molar-refractivity contribution in [3.63, 3.8) is 0 Å². The smallest absolute Gasteiger partial charge is 0.341 e. The molecule has 2 aromatic carbocycles. The van der Waals surface area contributed by atoms with Crippen LogP contribution in [0.2, 0.25) is 0 Å². The SMILES string of the molecule is O=C(COC(=O)c1cccnc1Sc1ccccc1)NCc1ccc2c(c1)OCO2. The van der Waals surface area contributed by atoms with Crippen LogP contribution in [0.25, 0.3) is 0 Å². The number of pyridine rings is 1. The predicted molar refractivity (Wildman–Crippen MR) is 109 cm³/mol. The highest BCUT2D eigenvalue weighted by molar-refractivity contribution is 7.99. The van der Waals surface area contributed by atoms with E-state index < -0.39 is 11.9 Å². The Morgan fingerprint density at radius 1 is 1.03 bits per heavy atom. The van der Waals surface area contributed by atoms with Crippen molar-refractivity contribution in [3.05, 3.63) is 78.0 Å². The first kappa shape index (κ1) is 19.8. The maximum Gasteiger partial charge on any atom is 0.341 e. The van der Waals surface area contributed by atoms with Gasteiger partial charge >= 0.3 is 5.97 Å². The van der Waals surface area contributed by atoms with Gasteiger partial charge in [0.05, 0.1) is 5.56 Å². The molecule has 0 aliphatic carbocycles. The average Bonchev–Trinajstić information content (AvgIpc) is 3.25. The topological polar surface area (TPSA) is 86.8 Å². The van der Waals surface area contributed by atoms with Crippen LogP contribution in [0.4, 0.5) is 0 Å². The minimum Gasteiger partial charge on any atom is -0.454 e. The minimum atomic E-state index is -0.597. The van der Waals surface area contributed by atoms with E-state index in [-0.39, 0.29) is 19.9 Å². The zero-order valence-corrected chi connectivity index (χ0v) is 16.7. The third-order valence-electron chi connectivity index (χ3n) is 4.21. The van der Waals surface area contributed by atoms with E-state index in [1.807, 2.05) is 36.4 Å². The molecule has 0 fully saturated rings. The summed E-state index contributed by atoms with van der Waals surface area (Å²) in [5.41, 5.74) is 1.17. The maximum absolute atomic E-state index is 12.5. The average molecular weight is 422 g/mol. The van der Waals surface area contributed by atoms with Crippen LogP contribution in [-0.2, 0) is 16.1 Å². The molecule has 1 N–H and O–H groups in total. The van der Waals surface area contributed by atoms with Crippen molar-refractivity contribution in [2.24, 2.45) is 0 Å². The Bertz CT molecular complexity index is 1060. The molecule has 7 nitrogen and oxygen atoms in total. The molecular weight excluding hydrogens is 404 g/mol. The number of amides is 1. The molecule has 3 aromatic rings. The fourth-order valence-electron chi connectivity index (χ4n) is 2.74. The van der Waals surface area contributed by atoms with Gasteiger partial charge in [-0.05, 0) is 42.0 Å². The van der Waals surface area contributed by atoms with E-state index in [9.17, 15) is 9.59 Å². The number of fused-ring (bicyclic) bond motifs is 1. The van der Waals surface area contributed by atoms with Crippen molar-refractivity contribution in [2.45, 2.75) is 16.5 Å². The molecule has 0 spiro atoms. The highest BCUT2D eigenvalue weighted by atomic mass is 32.2. The molecule has 0 atom stereocenters. The Kier molecular flexibility index (Phi) is 6.14. The first-order valence-electron chi connectivity index (χ1n) is 9.19. The Balaban J connectivity index is 1.30. The lowest BCUT2D eigenvalue weighted by molar-refractivity contribution is -0.124. The van der Waals surface area contributed by atoms with Crippen LogP contribution in [0, 0.1) is 0 Å². The van der Waals surface area contributed by atoms with Gasteiger partial charge in [0.25, 0.3) is 5.91 Å². The molecule has 152 valence electrons. The third kappa shape index (κ3) is 4.90. The normalized spacial score (nSPS) is 11.7. The van der Waals surface area contributed by atoms with Crippen molar-refractivity contribution in [3.8, 4) is 11.5 Å². The Labute approximate surface area is 177 Å². The molecule has 1 amide bonds. The van der Waals surface area contributed by atoms with E-state index in [4.69, 9.17) is 14.2 Å². The van der Waals surface area contributed by atoms with Crippen LogP contribution < -0.4 is 14.8 Å². The summed E-state index contributed by atoms with van der Waals surface area (Å²) < 4.78 is 15.8. The third-order valence-corrected chi connectivity index (χ3v) is 5.24. The van der Waals surface area contributed by atoms with Gasteiger partial charge in [0, 0.05) is 17.6 Å². The van der Waals surface area contributed by atoms with Gasteiger partial charge in [-0.2, -0.15) is 0 Å². The number of benzene rings is 2. The number of nitrogens with zero attached hydrogens (tertiary/aromatic N) is 1. The van der Waals surface area contributed by atoms with Crippen LogP contribution in [0.15, 0.2) is 76.8 Å². The van der Waals surface area contributed by atoms with Gasteiger partial charge in [0.1, 0.15) is 5.03 Å². The van der Waals surface area contributed by atoms with Crippen molar-refractivity contribution in [1.82, 2.24) is 10.3 Å². The zero-order chi connectivity index (χ0) is 20.8. The first-order valence-corrected chi connectivity index (χ1v) is 10.0. The summed E-state index contributed by atoms with van der Waals surface area (Å²) in [6, 6.07) is 18.3. The molecule has 0 unspecified atom stereocenters. The fourth-order valence-corrected chi connectivity index (χ4v) is 3.63. The van der Waals surface area contributed by atoms with Gasteiger partial charge in [0.15, 0.2) is 18.1 Å². The second-order valence-corrected chi connectivity index (χ2v) is 7.37. The molecule has 4 rings (SSSR count). The molecule has 2 heterocycles. The van der Waals surface area contributed by atoms with Gasteiger partial charge in [-0.3, -0.25) is 4.79 Å². The Hall–Kier alpha value is -3.52. The van der Waals surface area contributed by atoms with Gasteiger partial charge in [-0.1, -0.05) is 36.0 Å². The lowest BCUT2D eigenvalue weighted by Gasteiger charge is -2.09. The summed E-state index contributed by atoms with van der Waals surface area (Å²) in [5.74, 6) is 0.329. The van der Waals surface area contributed by atoms with E-state index >= 15 is 0 Å². The Morgan fingerprint density at radius 2 is 1.87 bits per heavy atom. The van der Waals surface area contributed by atoms with Crippen molar-refractivity contribution >= 4 is 23.6 Å². The Morgan fingerprint density at radius 3 is 2.73 bits per heavy atom. The zero-order valence-electron chi connectivity index (χ0n) is 15.9. The molecule has 0 saturated heterocycles. The number of esters is 1. The molecule has 0 radical (unpaired) electrons. The molecule has 0 bridgehead atoms. The van der Waals surface area contributed by atoms with Crippen LogP contribution in [0.3, 0.4) is 0 Å². The molecule has 1 aliphatic heterocycles. The standard InChI is InChI=1S/C22H18N2O5S/c25-20(24-12-15-8-9-18-19(11-15)29-14-28-18)13-27-22(26)17-7-4-10-23-21(17)30-16-5-2-1-3-6-16/h1-11H,12-14H2,(H,24,25). The number of hydrogen-bond acceptors (Lipinski definition) is 7. The summed E-state index contributed by atoms with van der Waals surface area (Å²) in [5, 5.41) is 3.24.